The molecule has 0 fully saturated rings. The highest BCUT2D eigenvalue weighted by atomic mass is 19.4. The van der Waals surface area contributed by atoms with Crippen LogP contribution in [0.1, 0.15) is 57.1 Å². The lowest BCUT2D eigenvalue weighted by molar-refractivity contribution is -0.137. The standard InChI is InChI=1S/C25H30F3NO2/c1-4-5-9-20(19-12-14-21(15-13-19)25(26,27)28)18-24(2,31)17-16-23(30)29(3)22-10-7-6-8-11-22/h6-8,10-15,18,31H,4-5,9,16-17H2,1-3H3/b20-18+. The molecule has 1 N–H and O–H groups in total. The van der Waals surface area contributed by atoms with Crippen LogP contribution in [0.15, 0.2) is 60.7 Å². The number of hydrogen-bond acceptors (Lipinski definition) is 2. The van der Waals surface area contributed by atoms with Gasteiger partial charge in [0, 0.05) is 19.2 Å². The Balaban J connectivity index is 2.14. The Morgan fingerprint density at radius 3 is 2.19 bits per heavy atom. The highest BCUT2D eigenvalue weighted by Gasteiger charge is 2.30. The number of amides is 1. The SMILES string of the molecule is CCCC/C(=C\C(C)(O)CCC(=O)N(C)c1ccccc1)c1ccc(C(F)(F)F)cc1. The minimum atomic E-state index is -4.39. The number of aliphatic hydroxyl groups is 1. The molecule has 0 spiro atoms. The number of nitrogens with zero attached hydrogens (tertiary/aromatic N) is 1. The van der Waals surface area contributed by atoms with E-state index < -0.39 is 17.3 Å². The van der Waals surface area contributed by atoms with Gasteiger partial charge in [-0.2, -0.15) is 13.2 Å². The van der Waals surface area contributed by atoms with Gasteiger partial charge in [-0.15, -0.1) is 0 Å². The van der Waals surface area contributed by atoms with Gasteiger partial charge in [-0.25, -0.2) is 0 Å². The minimum absolute atomic E-state index is 0.121. The van der Waals surface area contributed by atoms with E-state index in [-0.39, 0.29) is 18.7 Å². The van der Waals surface area contributed by atoms with E-state index in [1.54, 1.807) is 24.9 Å². The molecule has 2 aromatic rings. The maximum atomic E-state index is 12.9. The summed E-state index contributed by atoms with van der Waals surface area (Å²) in [6.45, 7) is 3.65. The molecular weight excluding hydrogens is 403 g/mol. The second kappa shape index (κ2) is 10.6. The number of allylic oxidation sites excluding steroid dienone is 1. The Hall–Kier alpha value is -2.60. The van der Waals surface area contributed by atoms with Gasteiger partial charge < -0.3 is 10.0 Å². The predicted molar refractivity (Wildman–Crippen MR) is 119 cm³/mol. The molecule has 2 rings (SSSR count). The number of hydrogen-bond donors (Lipinski definition) is 1. The molecule has 168 valence electrons. The van der Waals surface area contributed by atoms with E-state index in [0.29, 0.717) is 12.0 Å². The summed E-state index contributed by atoms with van der Waals surface area (Å²) in [7, 11) is 1.69. The van der Waals surface area contributed by atoms with E-state index in [9.17, 15) is 23.1 Å². The normalized spacial score (nSPS) is 14.2. The average molecular weight is 434 g/mol. The maximum absolute atomic E-state index is 12.9. The van der Waals surface area contributed by atoms with Crippen molar-refractivity contribution in [1.29, 1.82) is 0 Å². The molecule has 0 bridgehead atoms. The summed E-state index contributed by atoms with van der Waals surface area (Å²) in [5.74, 6) is -0.121. The highest BCUT2D eigenvalue weighted by molar-refractivity contribution is 5.92. The molecule has 0 heterocycles. The van der Waals surface area contributed by atoms with Crippen LogP contribution in [0, 0.1) is 0 Å². The second-order valence-corrected chi connectivity index (χ2v) is 7.99. The first-order chi connectivity index (χ1) is 14.5. The lowest BCUT2D eigenvalue weighted by Gasteiger charge is -2.24. The molecule has 0 aliphatic carbocycles. The quantitative estimate of drug-likeness (QED) is 0.492. The van der Waals surface area contributed by atoms with Crippen LogP contribution in [0.3, 0.4) is 0 Å². The number of carbonyl (C=O) groups excluding carboxylic acids is 1. The zero-order chi connectivity index (χ0) is 23.1. The van der Waals surface area contributed by atoms with Crippen molar-refractivity contribution < 1.29 is 23.1 Å². The van der Waals surface area contributed by atoms with Gasteiger partial charge in [0.2, 0.25) is 5.91 Å². The van der Waals surface area contributed by atoms with Gasteiger partial charge >= 0.3 is 6.18 Å². The van der Waals surface area contributed by atoms with Gasteiger partial charge in [0.15, 0.2) is 0 Å². The summed E-state index contributed by atoms with van der Waals surface area (Å²) in [5.41, 5.74) is 0.237. The molecular formula is C25H30F3NO2. The summed E-state index contributed by atoms with van der Waals surface area (Å²) in [6.07, 6.45) is 0.0424. The maximum Gasteiger partial charge on any atom is 0.416 e. The molecule has 6 heteroatoms. The largest absolute Gasteiger partial charge is 0.416 e. The molecule has 1 unspecified atom stereocenters. The van der Waals surface area contributed by atoms with Crippen LogP contribution >= 0.6 is 0 Å². The van der Waals surface area contributed by atoms with Crippen LogP contribution in [-0.2, 0) is 11.0 Å². The number of unbranched alkanes of at least 4 members (excludes halogenated alkanes) is 1. The van der Waals surface area contributed by atoms with Gasteiger partial charge in [0.05, 0.1) is 11.2 Å². The third-order valence-corrected chi connectivity index (χ3v) is 5.23. The number of halogens is 3. The van der Waals surface area contributed by atoms with Gasteiger partial charge in [0.25, 0.3) is 0 Å². The summed E-state index contributed by atoms with van der Waals surface area (Å²) in [6, 6.07) is 14.2. The molecule has 1 amide bonds. The third-order valence-electron chi connectivity index (χ3n) is 5.23. The van der Waals surface area contributed by atoms with Crippen molar-refractivity contribution in [3.05, 3.63) is 71.8 Å². The molecule has 0 radical (unpaired) electrons. The summed E-state index contributed by atoms with van der Waals surface area (Å²) in [5, 5.41) is 10.9. The van der Waals surface area contributed by atoms with E-state index >= 15 is 0 Å². The third kappa shape index (κ3) is 7.55. The topological polar surface area (TPSA) is 40.5 Å². The number of anilines is 1. The molecule has 0 aromatic heterocycles. The molecule has 0 aliphatic heterocycles. The molecule has 0 aliphatic rings. The van der Waals surface area contributed by atoms with E-state index in [1.807, 2.05) is 37.3 Å². The van der Waals surface area contributed by atoms with E-state index in [2.05, 4.69) is 0 Å². The van der Waals surface area contributed by atoms with Crippen molar-refractivity contribution in [3.63, 3.8) is 0 Å². The van der Waals surface area contributed by atoms with Crippen molar-refractivity contribution >= 4 is 17.2 Å². The molecule has 0 saturated heterocycles. The van der Waals surface area contributed by atoms with Crippen LogP contribution in [-0.4, -0.2) is 23.7 Å². The van der Waals surface area contributed by atoms with Crippen LogP contribution in [0.25, 0.3) is 5.57 Å². The van der Waals surface area contributed by atoms with Crippen molar-refractivity contribution in [2.45, 2.75) is 57.7 Å². The fourth-order valence-electron chi connectivity index (χ4n) is 3.31. The first-order valence-electron chi connectivity index (χ1n) is 10.5. The van der Waals surface area contributed by atoms with Crippen LogP contribution in [0.5, 0.6) is 0 Å². The number of para-hydroxylation sites is 1. The first-order valence-corrected chi connectivity index (χ1v) is 10.5. The van der Waals surface area contributed by atoms with Gasteiger partial charge in [-0.1, -0.05) is 43.7 Å². The molecule has 2 aromatic carbocycles. The average Bonchev–Trinajstić information content (AvgIpc) is 2.74. The molecule has 1 atom stereocenters. The molecule has 3 nitrogen and oxygen atoms in total. The number of alkyl halides is 3. The summed E-state index contributed by atoms with van der Waals surface area (Å²) in [4.78, 5) is 14.1. The van der Waals surface area contributed by atoms with Gasteiger partial charge in [-0.3, -0.25) is 4.79 Å². The Labute approximate surface area is 182 Å². The van der Waals surface area contributed by atoms with E-state index in [0.717, 1.165) is 36.2 Å². The number of benzene rings is 2. The van der Waals surface area contributed by atoms with Crippen molar-refractivity contribution in [1.82, 2.24) is 0 Å². The lowest BCUT2D eigenvalue weighted by Crippen LogP contribution is -2.30. The predicted octanol–water partition coefficient (Wildman–Crippen LogP) is 6.47. The minimum Gasteiger partial charge on any atom is -0.386 e. The Morgan fingerprint density at radius 2 is 1.65 bits per heavy atom. The van der Waals surface area contributed by atoms with Gasteiger partial charge in [0.1, 0.15) is 0 Å². The molecule has 0 saturated carbocycles. The second-order valence-electron chi connectivity index (χ2n) is 7.99. The summed E-state index contributed by atoms with van der Waals surface area (Å²) >= 11 is 0. The van der Waals surface area contributed by atoms with Crippen molar-refractivity contribution in [2.24, 2.45) is 0 Å². The fourth-order valence-corrected chi connectivity index (χ4v) is 3.31. The first kappa shape index (κ1) is 24.7. The Bertz CT molecular complexity index is 872. The van der Waals surface area contributed by atoms with E-state index in [4.69, 9.17) is 0 Å². The zero-order valence-corrected chi connectivity index (χ0v) is 18.2. The number of carbonyl (C=O) groups is 1. The fraction of sp³-hybridized carbons (Fsp3) is 0.400. The Morgan fingerprint density at radius 1 is 1.03 bits per heavy atom. The number of rotatable bonds is 9. The lowest BCUT2D eigenvalue weighted by atomic mass is 9.91. The Kier molecular flexibility index (Phi) is 8.45. The summed E-state index contributed by atoms with van der Waals surface area (Å²) < 4.78 is 38.6. The van der Waals surface area contributed by atoms with Crippen molar-refractivity contribution in [3.8, 4) is 0 Å². The van der Waals surface area contributed by atoms with Crippen LogP contribution in [0.2, 0.25) is 0 Å². The smallest absolute Gasteiger partial charge is 0.386 e. The monoisotopic (exact) mass is 433 g/mol. The highest BCUT2D eigenvalue weighted by Crippen LogP contribution is 2.32. The van der Waals surface area contributed by atoms with Crippen LogP contribution in [0.4, 0.5) is 18.9 Å². The van der Waals surface area contributed by atoms with Gasteiger partial charge in [-0.05, 0) is 67.7 Å². The zero-order valence-electron chi connectivity index (χ0n) is 18.2. The van der Waals surface area contributed by atoms with Crippen LogP contribution < -0.4 is 4.90 Å². The van der Waals surface area contributed by atoms with E-state index in [1.165, 1.54) is 12.1 Å². The van der Waals surface area contributed by atoms with Crippen molar-refractivity contribution in [2.75, 3.05) is 11.9 Å². The molecule has 31 heavy (non-hydrogen) atoms.